The minimum absolute atomic E-state index is 0.0154. The summed E-state index contributed by atoms with van der Waals surface area (Å²) in [7, 11) is -2.02. The number of rotatable bonds is 4. The third kappa shape index (κ3) is 3.96. The van der Waals surface area contributed by atoms with Crippen molar-refractivity contribution in [3.63, 3.8) is 0 Å². The molecule has 0 aromatic carbocycles. The number of hydrogen-bond donors (Lipinski definition) is 2. The number of nitrogens with zero attached hydrogens (tertiary/aromatic N) is 2. The molecule has 1 aromatic heterocycles. The molecular formula is C13H26N4O2S. The monoisotopic (exact) mass is 302 g/mol. The fourth-order valence-electron chi connectivity index (χ4n) is 2.72. The Morgan fingerprint density at radius 1 is 1.25 bits per heavy atom. The van der Waals surface area contributed by atoms with Gasteiger partial charge in [-0.1, -0.05) is 20.8 Å². The summed E-state index contributed by atoms with van der Waals surface area (Å²) in [6.07, 6.45) is 0.707. The van der Waals surface area contributed by atoms with E-state index in [0.29, 0.717) is 12.1 Å². The van der Waals surface area contributed by atoms with E-state index in [1.807, 2.05) is 13.8 Å². The predicted molar refractivity (Wildman–Crippen MR) is 80.8 cm³/mol. The fourth-order valence-corrected chi connectivity index (χ4v) is 4.46. The van der Waals surface area contributed by atoms with E-state index in [4.69, 9.17) is 5.73 Å². The lowest BCUT2D eigenvalue weighted by Gasteiger charge is -2.32. The number of aromatic nitrogens is 2. The van der Waals surface area contributed by atoms with Gasteiger partial charge in [0.25, 0.3) is 0 Å². The molecule has 20 heavy (non-hydrogen) atoms. The maximum Gasteiger partial charge on any atom is 0.246 e. The van der Waals surface area contributed by atoms with Crippen molar-refractivity contribution >= 4 is 15.8 Å². The van der Waals surface area contributed by atoms with Gasteiger partial charge in [-0.2, -0.15) is 5.10 Å². The van der Waals surface area contributed by atoms with Crippen LogP contribution < -0.4 is 10.5 Å². The predicted octanol–water partition coefficient (Wildman–Crippen LogP) is 1.80. The Balaban J connectivity index is 3.13. The molecule has 0 radical (unpaired) electrons. The first-order valence-corrected chi connectivity index (χ1v) is 8.06. The molecule has 0 aliphatic rings. The number of nitrogens with one attached hydrogen (secondary N) is 1. The van der Waals surface area contributed by atoms with Gasteiger partial charge in [-0.05, 0) is 32.6 Å². The molecule has 1 aromatic rings. The Morgan fingerprint density at radius 2 is 1.75 bits per heavy atom. The molecule has 0 spiro atoms. The standard InChI is InChI=1S/C13H26N4O2S/c1-9-10(11(14)15-17(9)7)20(18,19)16-13(5,6)8-12(2,3)4/h16H,8H2,1-7H3,(H2,14,15). The van der Waals surface area contributed by atoms with Crippen LogP contribution in [0.4, 0.5) is 5.82 Å². The summed E-state index contributed by atoms with van der Waals surface area (Å²) in [4.78, 5) is 0.0713. The highest BCUT2D eigenvalue weighted by Crippen LogP contribution is 2.29. The molecule has 0 aliphatic heterocycles. The highest BCUT2D eigenvalue weighted by Gasteiger charge is 2.33. The third-order valence-electron chi connectivity index (χ3n) is 2.96. The second kappa shape index (κ2) is 5.04. The van der Waals surface area contributed by atoms with Crippen molar-refractivity contribution in [2.24, 2.45) is 12.5 Å². The first-order valence-electron chi connectivity index (χ1n) is 6.58. The van der Waals surface area contributed by atoms with Crippen molar-refractivity contribution in [2.45, 2.75) is 58.4 Å². The van der Waals surface area contributed by atoms with Crippen LogP contribution in [-0.4, -0.2) is 23.7 Å². The molecule has 0 amide bonds. The van der Waals surface area contributed by atoms with E-state index in [1.54, 1.807) is 14.0 Å². The summed E-state index contributed by atoms with van der Waals surface area (Å²) >= 11 is 0. The first kappa shape index (κ1) is 17.0. The Hall–Kier alpha value is -1.08. The molecule has 3 N–H and O–H groups in total. The van der Waals surface area contributed by atoms with Gasteiger partial charge in [-0.15, -0.1) is 0 Å². The molecule has 1 rings (SSSR count). The Kier molecular flexibility index (Phi) is 4.27. The fraction of sp³-hybridized carbons (Fsp3) is 0.769. The summed E-state index contributed by atoms with van der Waals surface area (Å²) in [5.74, 6) is 0.0315. The lowest BCUT2D eigenvalue weighted by Crippen LogP contribution is -2.45. The SMILES string of the molecule is Cc1c(S(=O)(=O)NC(C)(C)CC(C)(C)C)c(N)nn1C. The zero-order chi connectivity index (χ0) is 15.9. The van der Waals surface area contributed by atoms with Gasteiger partial charge in [0.2, 0.25) is 10.0 Å². The van der Waals surface area contributed by atoms with E-state index >= 15 is 0 Å². The largest absolute Gasteiger partial charge is 0.381 e. The van der Waals surface area contributed by atoms with Crippen LogP contribution in [0.15, 0.2) is 4.90 Å². The van der Waals surface area contributed by atoms with E-state index < -0.39 is 15.6 Å². The average molecular weight is 302 g/mol. The van der Waals surface area contributed by atoms with Crippen LogP contribution >= 0.6 is 0 Å². The number of nitrogens with two attached hydrogens (primary N) is 1. The highest BCUT2D eigenvalue weighted by molar-refractivity contribution is 7.89. The summed E-state index contributed by atoms with van der Waals surface area (Å²) in [6.45, 7) is 11.7. The maximum absolute atomic E-state index is 12.5. The van der Waals surface area contributed by atoms with Crippen LogP contribution in [0, 0.1) is 12.3 Å². The molecule has 0 fully saturated rings. The number of hydrogen-bond acceptors (Lipinski definition) is 4. The van der Waals surface area contributed by atoms with Crippen molar-refractivity contribution in [1.29, 1.82) is 0 Å². The second-order valence-corrected chi connectivity index (χ2v) is 8.77. The lowest BCUT2D eigenvalue weighted by atomic mass is 9.82. The van der Waals surface area contributed by atoms with Gasteiger partial charge in [0.05, 0.1) is 5.69 Å². The summed E-state index contributed by atoms with van der Waals surface area (Å²) < 4.78 is 29.3. The van der Waals surface area contributed by atoms with Crippen LogP contribution in [0.5, 0.6) is 0 Å². The Bertz CT molecular complexity index is 595. The van der Waals surface area contributed by atoms with Gasteiger partial charge >= 0.3 is 0 Å². The molecule has 0 atom stereocenters. The number of sulfonamides is 1. The molecule has 0 unspecified atom stereocenters. The van der Waals surface area contributed by atoms with Crippen LogP contribution in [0.3, 0.4) is 0 Å². The number of nitrogen functional groups attached to an aromatic ring is 1. The second-order valence-electron chi connectivity index (χ2n) is 7.15. The van der Waals surface area contributed by atoms with Crippen LogP contribution in [0.25, 0.3) is 0 Å². The quantitative estimate of drug-likeness (QED) is 0.887. The highest BCUT2D eigenvalue weighted by atomic mass is 32.2. The molecule has 7 heteroatoms. The van der Waals surface area contributed by atoms with E-state index in [0.717, 1.165) is 0 Å². The first-order chi connectivity index (χ1) is 8.75. The third-order valence-corrected chi connectivity index (χ3v) is 4.82. The van der Waals surface area contributed by atoms with E-state index in [9.17, 15) is 8.42 Å². The summed E-state index contributed by atoms with van der Waals surface area (Å²) in [5.41, 5.74) is 5.70. The Morgan fingerprint density at radius 3 is 2.10 bits per heavy atom. The van der Waals surface area contributed by atoms with Gasteiger partial charge in [-0.25, -0.2) is 13.1 Å². The van der Waals surface area contributed by atoms with Crippen molar-refractivity contribution < 1.29 is 8.42 Å². The van der Waals surface area contributed by atoms with Crippen molar-refractivity contribution in [2.75, 3.05) is 5.73 Å². The van der Waals surface area contributed by atoms with Crippen LogP contribution in [-0.2, 0) is 17.1 Å². The van der Waals surface area contributed by atoms with Crippen LogP contribution in [0.1, 0.15) is 46.7 Å². The zero-order valence-electron chi connectivity index (χ0n) is 13.4. The van der Waals surface area contributed by atoms with E-state index in [-0.39, 0.29) is 16.1 Å². The molecule has 1 heterocycles. The van der Waals surface area contributed by atoms with E-state index in [1.165, 1.54) is 4.68 Å². The molecule has 116 valence electrons. The maximum atomic E-state index is 12.5. The van der Waals surface area contributed by atoms with Gasteiger partial charge in [0.1, 0.15) is 4.90 Å². The molecule has 0 aliphatic carbocycles. The summed E-state index contributed by atoms with van der Waals surface area (Å²) in [5, 5.41) is 3.96. The van der Waals surface area contributed by atoms with Gasteiger partial charge < -0.3 is 5.73 Å². The molecule has 0 saturated heterocycles. The molecule has 0 saturated carbocycles. The van der Waals surface area contributed by atoms with Crippen molar-refractivity contribution in [3.8, 4) is 0 Å². The minimum atomic E-state index is -3.69. The van der Waals surface area contributed by atoms with Gasteiger partial charge in [0, 0.05) is 12.6 Å². The normalized spacial score (nSPS) is 13.8. The topological polar surface area (TPSA) is 90.0 Å². The smallest absolute Gasteiger partial charge is 0.246 e. The summed E-state index contributed by atoms with van der Waals surface area (Å²) in [6, 6.07) is 0. The minimum Gasteiger partial charge on any atom is -0.381 e. The molecular weight excluding hydrogens is 276 g/mol. The van der Waals surface area contributed by atoms with Crippen LogP contribution in [0.2, 0.25) is 0 Å². The number of anilines is 1. The Labute approximate surface area is 121 Å². The van der Waals surface area contributed by atoms with Crippen molar-refractivity contribution in [3.05, 3.63) is 5.69 Å². The number of aryl methyl sites for hydroxylation is 1. The average Bonchev–Trinajstić information content (AvgIpc) is 2.33. The van der Waals surface area contributed by atoms with E-state index in [2.05, 4.69) is 30.6 Å². The molecule has 6 nitrogen and oxygen atoms in total. The lowest BCUT2D eigenvalue weighted by molar-refractivity contribution is 0.269. The van der Waals surface area contributed by atoms with Gasteiger partial charge in [0.15, 0.2) is 5.82 Å². The zero-order valence-corrected chi connectivity index (χ0v) is 14.2. The van der Waals surface area contributed by atoms with Crippen molar-refractivity contribution in [1.82, 2.24) is 14.5 Å². The molecule has 0 bridgehead atoms. The van der Waals surface area contributed by atoms with Gasteiger partial charge in [-0.3, -0.25) is 4.68 Å².